The summed E-state index contributed by atoms with van der Waals surface area (Å²) >= 11 is 0. The molecular weight excluding hydrogens is 532 g/mol. The highest BCUT2D eigenvalue weighted by atomic mass is 19.4. The standard InChI is InChI=1S/C28H34F4N4O.C4H10/c1-5-8-25(26(6-2)37-4)33-12-7-9-23-17-21-15-20(18-34-22-10-13-35(3)14-11-22)16-24(29)27(21)36(23)19-28(30,31)32;1-4(2)3/h5-6,8,15-17,22,33-34H,1,10-14,18-19H2,2-4H3;4H,1-3H3/b25-8+,26-6+;. The van der Waals surface area contributed by atoms with Crippen molar-refractivity contribution in [2.75, 3.05) is 33.8 Å². The van der Waals surface area contributed by atoms with E-state index >= 15 is 4.39 Å². The normalized spacial score (nSPS) is 15.3. The van der Waals surface area contributed by atoms with Gasteiger partial charge in [0.25, 0.3) is 0 Å². The molecule has 2 N–H and O–H groups in total. The number of hydrogen-bond acceptors (Lipinski definition) is 4. The maximum absolute atomic E-state index is 15.1. The molecule has 1 aliphatic rings. The van der Waals surface area contributed by atoms with Gasteiger partial charge in [-0.05, 0) is 87.7 Å². The Balaban J connectivity index is 0.00000138. The number of methoxy groups -OCH3 is 1. The van der Waals surface area contributed by atoms with Crippen molar-refractivity contribution in [2.45, 2.75) is 65.8 Å². The zero-order valence-corrected chi connectivity index (χ0v) is 25.1. The number of aromatic nitrogens is 1. The van der Waals surface area contributed by atoms with Crippen molar-refractivity contribution in [2.24, 2.45) is 5.92 Å². The van der Waals surface area contributed by atoms with Gasteiger partial charge in [0.15, 0.2) is 0 Å². The van der Waals surface area contributed by atoms with Crippen molar-refractivity contribution >= 4 is 10.9 Å². The molecule has 1 fully saturated rings. The van der Waals surface area contributed by atoms with Crippen molar-refractivity contribution < 1.29 is 22.3 Å². The van der Waals surface area contributed by atoms with Gasteiger partial charge in [-0.2, -0.15) is 13.2 Å². The smallest absolute Gasteiger partial charge is 0.406 e. The Hall–Kier alpha value is -3.22. The molecule has 1 saturated heterocycles. The van der Waals surface area contributed by atoms with Gasteiger partial charge in [-0.15, -0.1) is 0 Å². The van der Waals surface area contributed by atoms with E-state index in [1.54, 1.807) is 24.3 Å². The van der Waals surface area contributed by atoms with E-state index in [9.17, 15) is 13.2 Å². The van der Waals surface area contributed by atoms with Gasteiger partial charge in [-0.3, -0.25) is 0 Å². The molecule has 41 heavy (non-hydrogen) atoms. The zero-order chi connectivity index (χ0) is 30.6. The highest BCUT2D eigenvalue weighted by Crippen LogP contribution is 2.28. The first-order chi connectivity index (χ1) is 19.4. The van der Waals surface area contributed by atoms with E-state index in [2.05, 4.69) is 61.8 Å². The highest BCUT2D eigenvalue weighted by molar-refractivity contribution is 5.84. The van der Waals surface area contributed by atoms with Crippen LogP contribution < -0.4 is 10.6 Å². The average Bonchev–Trinajstić information content (AvgIpc) is 3.22. The second-order valence-electron chi connectivity index (χ2n) is 10.8. The number of benzene rings is 1. The van der Waals surface area contributed by atoms with Crippen LogP contribution in [0.2, 0.25) is 0 Å². The first kappa shape index (κ1) is 34.0. The molecule has 0 spiro atoms. The number of nitrogens with zero attached hydrogens (tertiary/aromatic N) is 2. The monoisotopic (exact) mass is 576 g/mol. The summed E-state index contributed by atoms with van der Waals surface area (Å²) in [6, 6.07) is 4.90. The highest BCUT2D eigenvalue weighted by Gasteiger charge is 2.30. The van der Waals surface area contributed by atoms with Gasteiger partial charge in [0, 0.05) is 18.0 Å². The number of rotatable bonds is 9. The van der Waals surface area contributed by atoms with Gasteiger partial charge in [0.2, 0.25) is 0 Å². The number of hydrogen-bond donors (Lipinski definition) is 2. The number of alkyl halides is 3. The van der Waals surface area contributed by atoms with Crippen molar-refractivity contribution in [3.8, 4) is 11.8 Å². The Morgan fingerprint density at radius 3 is 2.41 bits per heavy atom. The minimum absolute atomic E-state index is 0.0968. The first-order valence-corrected chi connectivity index (χ1v) is 13.9. The van der Waals surface area contributed by atoms with Crippen LogP contribution in [0.25, 0.3) is 10.9 Å². The molecule has 0 aliphatic carbocycles. The van der Waals surface area contributed by atoms with E-state index in [1.807, 2.05) is 6.92 Å². The fourth-order valence-electron chi connectivity index (χ4n) is 4.45. The van der Waals surface area contributed by atoms with Crippen LogP contribution in [-0.2, 0) is 17.8 Å². The van der Waals surface area contributed by atoms with Crippen LogP contribution in [-0.4, -0.2) is 55.5 Å². The van der Waals surface area contributed by atoms with Gasteiger partial charge in [-0.1, -0.05) is 39.3 Å². The molecule has 226 valence electrons. The Morgan fingerprint density at radius 1 is 1.20 bits per heavy atom. The Labute approximate surface area is 242 Å². The largest absolute Gasteiger partial charge is 0.495 e. The SMILES string of the molecule is C=C/C=C(NCC#Cc1cc2cc(CNC3CCN(C)CC3)cc(F)c2n1CC(F)(F)F)\C(=C/C)OC.CC(C)C. The summed E-state index contributed by atoms with van der Waals surface area (Å²) in [5.41, 5.74) is 1.33. The summed E-state index contributed by atoms with van der Waals surface area (Å²) in [5.74, 6) is 6.34. The number of nitrogens with one attached hydrogen (secondary N) is 2. The predicted molar refractivity (Wildman–Crippen MR) is 160 cm³/mol. The van der Waals surface area contributed by atoms with Crippen LogP contribution >= 0.6 is 0 Å². The molecule has 2 aromatic rings. The Morgan fingerprint density at radius 2 is 1.85 bits per heavy atom. The van der Waals surface area contributed by atoms with E-state index in [1.165, 1.54) is 19.2 Å². The Bertz CT molecular complexity index is 1250. The molecule has 0 unspecified atom stereocenters. The lowest BCUT2D eigenvalue weighted by Gasteiger charge is -2.29. The number of likely N-dealkylation sites (tertiary alicyclic amines) is 1. The van der Waals surface area contributed by atoms with Crippen molar-refractivity contribution in [3.63, 3.8) is 0 Å². The minimum atomic E-state index is -4.53. The minimum Gasteiger partial charge on any atom is -0.495 e. The quantitative estimate of drug-likeness (QED) is 0.150. The fourth-order valence-corrected chi connectivity index (χ4v) is 4.45. The zero-order valence-electron chi connectivity index (χ0n) is 25.1. The lowest BCUT2D eigenvalue weighted by Crippen LogP contribution is -2.40. The number of fused-ring (bicyclic) bond motifs is 1. The summed E-state index contributed by atoms with van der Waals surface area (Å²) in [7, 11) is 3.61. The van der Waals surface area contributed by atoms with Gasteiger partial charge >= 0.3 is 6.18 Å². The second-order valence-corrected chi connectivity index (χ2v) is 10.8. The molecule has 1 aromatic heterocycles. The van der Waals surface area contributed by atoms with E-state index in [-0.39, 0.29) is 17.8 Å². The lowest BCUT2D eigenvalue weighted by molar-refractivity contribution is -0.140. The van der Waals surface area contributed by atoms with Crippen LogP contribution in [0.5, 0.6) is 0 Å². The third kappa shape index (κ3) is 11.3. The van der Waals surface area contributed by atoms with Crippen LogP contribution in [0, 0.1) is 23.6 Å². The van der Waals surface area contributed by atoms with Gasteiger partial charge in [0.1, 0.15) is 18.1 Å². The molecule has 1 aliphatic heterocycles. The third-order valence-corrected chi connectivity index (χ3v) is 6.27. The molecule has 0 atom stereocenters. The molecule has 0 bridgehead atoms. The third-order valence-electron chi connectivity index (χ3n) is 6.27. The van der Waals surface area contributed by atoms with Gasteiger partial charge < -0.3 is 24.8 Å². The second kappa shape index (κ2) is 16.3. The van der Waals surface area contributed by atoms with Crippen molar-refractivity contribution in [1.82, 2.24) is 20.1 Å². The fraction of sp³-hybridized carbons (Fsp3) is 0.500. The van der Waals surface area contributed by atoms with Crippen LogP contribution in [0.15, 0.2) is 54.5 Å². The summed E-state index contributed by atoms with van der Waals surface area (Å²) in [4.78, 5) is 2.26. The van der Waals surface area contributed by atoms with Gasteiger partial charge in [-0.25, -0.2) is 4.39 Å². The number of allylic oxidation sites excluding steroid dienone is 3. The average molecular weight is 577 g/mol. The molecule has 1 aromatic carbocycles. The van der Waals surface area contributed by atoms with Crippen LogP contribution in [0.3, 0.4) is 0 Å². The van der Waals surface area contributed by atoms with E-state index < -0.39 is 18.5 Å². The molecule has 0 radical (unpaired) electrons. The molecule has 5 nitrogen and oxygen atoms in total. The summed E-state index contributed by atoms with van der Waals surface area (Å²) in [6.07, 6.45) is 2.53. The topological polar surface area (TPSA) is 41.5 Å². The molecule has 0 saturated carbocycles. The number of ether oxygens (including phenoxy) is 1. The molecule has 0 amide bonds. The lowest BCUT2D eigenvalue weighted by atomic mass is 10.0. The number of piperidine rings is 1. The van der Waals surface area contributed by atoms with E-state index in [0.717, 1.165) is 36.4 Å². The van der Waals surface area contributed by atoms with Gasteiger partial charge in [0.05, 0.1) is 30.6 Å². The molecule has 9 heteroatoms. The van der Waals surface area contributed by atoms with Crippen molar-refractivity contribution in [1.29, 1.82) is 0 Å². The summed E-state index contributed by atoms with van der Waals surface area (Å²) in [6.45, 7) is 13.2. The summed E-state index contributed by atoms with van der Waals surface area (Å²) in [5, 5.41) is 6.91. The molecule has 3 rings (SSSR count). The Kier molecular flexibility index (Phi) is 13.5. The van der Waals surface area contributed by atoms with Crippen LogP contribution in [0.4, 0.5) is 17.6 Å². The maximum atomic E-state index is 15.1. The molecular formula is C32H44F4N4O. The maximum Gasteiger partial charge on any atom is 0.406 e. The van der Waals surface area contributed by atoms with Crippen molar-refractivity contribution in [3.05, 3.63) is 71.5 Å². The summed E-state index contributed by atoms with van der Waals surface area (Å²) < 4.78 is 61.5. The molecule has 2 heterocycles. The van der Waals surface area contributed by atoms with Crippen LogP contribution in [0.1, 0.15) is 51.8 Å². The predicted octanol–water partition coefficient (Wildman–Crippen LogP) is 6.75. The van der Waals surface area contributed by atoms with E-state index in [0.29, 0.717) is 35.0 Å². The van der Waals surface area contributed by atoms with E-state index in [4.69, 9.17) is 4.74 Å². The first-order valence-electron chi connectivity index (χ1n) is 13.9. The number of halogens is 4.